The van der Waals surface area contributed by atoms with Gasteiger partial charge in [-0.1, -0.05) is 111 Å². The van der Waals surface area contributed by atoms with Crippen LogP contribution in [-0.4, -0.2) is 16.6 Å². The highest BCUT2D eigenvalue weighted by molar-refractivity contribution is 7.85. The molecule has 0 radical (unpaired) electrons. The Kier molecular flexibility index (Phi) is 7.36. The van der Waals surface area contributed by atoms with Crippen molar-refractivity contribution in [1.82, 2.24) is 4.44 Å². The van der Waals surface area contributed by atoms with Crippen LogP contribution in [0.4, 0.5) is 0 Å². The van der Waals surface area contributed by atoms with Gasteiger partial charge in [-0.2, -0.15) is 11.1 Å². The SMILES string of the molecule is [CH2-][P+]1(N(CCCC)P2c3ccccc3C3CCCCC32)[C@H](c2ccccc2)CC[C@H]1c1ccccc1. The molecule has 0 N–H and O–H groups in total. The van der Waals surface area contributed by atoms with Crippen molar-refractivity contribution in [3.8, 4) is 0 Å². The predicted octanol–water partition coefficient (Wildman–Crippen LogP) is 9.85. The minimum atomic E-state index is -1.78. The molecule has 1 nitrogen and oxygen atoms in total. The van der Waals surface area contributed by atoms with Crippen LogP contribution in [0.3, 0.4) is 0 Å². The number of nitrogens with zero attached hydrogens (tertiary/aromatic N) is 1. The van der Waals surface area contributed by atoms with Gasteiger partial charge in [0.1, 0.15) is 0 Å². The first-order chi connectivity index (χ1) is 17.7. The summed E-state index contributed by atoms with van der Waals surface area (Å²) in [7, 11) is -2.15. The second-order valence-corrected chi connectivity index (χ2v) is 17.3. The molecule has 3 unspecified atom stereocenters. The third-order valence-electron chi connectivity index (χ3n) is 9.18. The van der Waals surface area contributed by atoms with E-state index in [2.05, 4.69) is 96.3 Å². The number of rotatable bonds is 7. The van der Waals surface area contributed by atoms with Crippen molar-refractivity contribution in [2.24, 2.45) is 0 Å². The highest BCUT2D eigenvalue weighted by Crippen LogP contribution is 2.90. The van der Waals surface area contributed by atoms with Crippen LogP contribution in [0.15, 0.2) is 84.9 Å². The van der Waals surface area contributed by atoms with Gasteiger partial charge < -0.3 is 0 Å². The first-order valence-corrected chi connectivity index (χ1v) is 17.6. The highest BCUT2D eigenvalue weighted by Gasteiger charge is 2.58. The van der Waals surface area contributed by atoms with Crippen LogP contribution >= 0.6 is 15.5 Å². The molecule has 2 fully saturated rings. The molecule has 0 spiro atoms. The molecule has 6 rings (SSSR count). The Bertz CT molecular complexity index is 1100. The molecular formula is C33H41NP2. The number of hydrogen-bond acceptors (Lipinski definition) is 1. The Hall–Kier alpha value is -1.52. The van der Waals surface area contributed by atoms with Gasteiger partial charge in [-0.3, -0.25) is 0 Å². The van der Waals surface area contributed by atoms with Crippen molar-refractivity contribution in [2.75, 3.05) is 6.54 Å². The molecule has 188 valence electrons. The number of benzene rings is 3. The third-order valence-corrected chi connectivity index (χ3v) is 17.9. The topological polar surface area (TPSA) is 3.24 Å². The summed E-state index contributed by atoms with van der Waals surface area (Å²) in [5.41, 5.74) is 6.70. The lowest BCUT2D eigenvalue weighted by molar-refractivity contribution is 0.452. The van der Waals surface area contributed by atoms with Gasteiger partial charge in [-0.25, -0.2) is 0 Å². The largest absolute Gasteiger partial charge is 0.184 e. The summed E-state index contributed by atoms with van der Waals surface area (Å²) in [6, 6.07) is 32.5. The van der Waals surface area contributed by atoms with E-state index in [1.165, 1.54) is 69.0 Å². The quantitative estimate of drug-likeness (QED) is 0.224. The summed E-state index contributed by atoms with van der Waals surface area (Å²) >= 11 is 0. The van der Waals surface area contributed by atoms with Crippen molar-refractivity contribution in [1.29, 1.82) is 0 Å². The second-order valence-electron chi connectivity index (χ2n) is 11.1. The van der Waals surface area contributed by atoms with E-state index in [1.54, 1.807) is 10.9 Å². The molecule has 5 atom stereocenters. The van der Waals surface area contributed by atoms with Crippen molar-refractivity contribution >= 4 is 20.8 Å². The van der Waals surface area contributed by atoms with Gasteiger partial charge in [-0.05, 0) is 67.4 Å². The fraction of sp³-hybridized carbons (Fsp3) is 0.424. The Labute approximate surface area is 220 Å². The first-order valence-electron chi connectivity index (χ1n) is 14.2. The maximum atomic E-state index is 5.45. The maximum Gasteiger partial charge on any atom is 0.0845 e. The van der Waals surface area contributed by atoms with Crippen LogP contribution in [0.25, 0.3) is 0 Å². The van der Waals surface area contributed by atoms with E-state index in [9.17, 15) is 0 Å². The van der Waals surface area contributed by atoms with Crippen molar-refractivity contribution in [3.05, 3.63) is 108 Å². The summed E-state index contributed by atoms with van der Waals surface area (Å²) in [6.07, 6.45) is 10.7. The number of hydrogen-bond donors (Lipinski definition) is 0. The van der Waals surface area contributed by atoms with Crippen LogP contribution in [-0.2, 0) is 0 Å². The van der Waals surface area contributed by atoms with Gasteiger partial charge in [0.2, 0.25) is 0 Å². The second kappa shape index (κ2) is 10.7. The molecule has 0 amide bonds. The Morgan fingerprint density at radius 1 is 0.778 bits per heavy atom. The fourth-order valence-corrected chi connectivity index (χ4v) is 17.7. The molecule has 3 aliphatic rings. The first kappa shape index (κ1) is 24.8. The highest BCUT2D eigenvalue weighted by atomic mass is 31.2. The van der Waals surface area contributed by atoms with E-state index in [1.807, 2.05) is 0 Å². The Morgan fingerprint density at radius 2 is 1.36 bits per heavy atom. The molecule has 1 saturated heterocycles. The predicted molar refractivity (Wildman–Crippen MR) is 159 cm³/mol. The zero-order valence-electron chi connectivity index (χ0n) is 21.8. The van der Waals surface area contributed by atoms with Gasteiger partial charge >= 0.3 is 0 Å². The van der Waals surface area contributed by atoms with Gasteiger partial charge in [0.15, 0.2) is 0 Å². The van der Waals surface area contributed by atoms with E-state index < -0.39 is 7.41 Å². The minimum absolute atomic E-state index is 0.367. The smallest absolute Gasteiger partial charge is 0.0845 e. The maximum absolute atomic E-state index is 5.45. The average Bonchev–Trinajstić information content (AvgIpc) is 3.46. The molecule has 3 aromatic carbocycles. The zero-order valence-corrected chi connectivity index (χ0v) is 23.6. The molecule has 36 heavy (non-hydrogen) atoms. The molecular weight excluding hydrogens is 472 g/mol. The molecule has 2 aliphatic heterocycles. The monoisotopic (exact) mass is 513 g/mol. The van der Waals surface area contributed by atoms with Crippen LogP contribution in [0, 0.1) is 6.66 Å². The Morgan fingerprint density at radius 3 is 2.00 bits per heavy atom. The molecule has 1 aliphatic carbocycles. The number of unbranched alkanes of at least 4 members (excludes halogenated alkanes) is 1. The van der Waals surface area contributed by atoms with E-state index in [4.69, 9.17) is 6.66 Å². The van der Waals surface area contributed by atoms with E-state index in [0.717, 1.165) is 11.6 Å². The minimum Gasteiger partial charge on any atom is -0.184 e. The zero-order chi connectivity index (χ0) is 24.5. The van der Waals surface area contributed by atoms with Gasteiger partial charge in [0, 0.05) is 20.3 Å². The van der Waals surface area contributed by atoms with E-state index in [0.29, 0.717) is 11.3 Å². The summed E-state index contributed by atoms with van der Waals surface area (Å²) < 4.78 is 3.14. The summed E-state index contributed by atoms with van der Waals surface area (Å²) in [6.45, 7) is 9.02. The van der Waals surface area contributed by atoms with Crippen LogP contribution in [0.2, 0.25) is 0 Å². The van der Waals surface area contributed by atoms with Gasteiger partial charge in [0.25, 0.3) is 0 Å². The molecule has 2 heterocycles. The van der Waals surface area contributed by atoms with Crippen molar-refractivity contribution in [2.45, 2.75) is 81.2 Å². The molecule has 1 saturated carbocycles. The normalized spacial score (nSPS) is 28.7. The molecule has 0 bridgehead atoms. The lowest BCUT2D eigenvalue weighted by Crippen LogP contribution is -2.30. The van der Waals surface area contributed by atoms with Crippen LogP contribution in [0.1, 0.15) is 92.2 Å². The summed E-state index contributed by atoms with van der Waals surface area (Å²) in [5, 5.41) is 1.70. The van der Waals surface area contributed by atoms with Crippen LogP contribution in [0.5, 0.6) is 0 Å². The standard InChI is InChI=1S/C33H41NP2/c1-3-4-25-34(35-30-21-13-11-19-28(30)29-20-12-14-22-31(29)35)36(2)32(26-15-7-5-8-16-26)23-24-33(36)27-17-9-6-10-18-27/h5-11,13,15-19,21,29,31-33H,2-4,12,14,20,22-25H2,1H3/t29?,31?,32-,33-,35?/m0/s1. The lowest BCUT2D eigenvalue weighted by Gasteiger charge is -2.50. The third kappa shape index (κ3) is 4.21. The number of fused-ring (bicyclic) bond motifs is 3. The van der Waals surface area contributed by atoms with E-state index in [-0.39, 0.29) is 8.07 Å². The lowest BCUT2D eigenvalue weighted by atomic mass is 9.84. The summed E-state index contributed by atoms with van der Waals surface area (Å²) in [4.78, 5) is 0. The Balaban J connectivity index is 1.51. The van der Waals surface area contributed by atoms with Gasteiger partial charge in [-0.15, -0.1) is 0 Å². The van der Waals surface area contributed by atoms with E-state index >= 15 is 0 Å². The molecule has 0 aromatic heterocycles. The van der Waals surface area contributed by atoms with Crippen molar-refractivity contribution < 1.29 is 0 Å². The summed E-state index contributed by atoms with van der Waals surface area (Å²) in [5.74, 6) is 0.768. The average molecular weight is 514 g/mol. The molecule has 3 heteroatoms. The molecule has 3 aromatic rings. The van der Waals surface area contributed by atoms with Crippen LogP contribution < -0.4 is 5.30 Å². The van der Waals surface area contributed by atoms with Gasteiger partial charge in [0.05, 0.1) is 11.3 Å². The van der Waals surface area contributed by atoms with Crippen molar-refractivity contribution in [3.63, 3.8) is 0 Å². The fourth-order valence-electron chi connectivity index (χ4n) is 7.53.